The van der Waals surface area contributed by atoms with Gasteiger partial charge in [0.15, 0.2) is 0 Å². The minimum absolute atomic E-state index is 0.173. The lowest BCUT2D eigenvalue weighted by Crippen LogP contribution is -2.14. The minimum Gasteiger partial charge on any atom is -0.472 e. The fourth-order valence-corrected chi connectivity index (χ4v) is 2.58. The van der Waals surface area contributed by atoms with Gasteiger partial charge in [-0.3, -0.25) is 0 Å². The molecule has 1 aromatic heterocycles. The highest BCUT2D eigenvalue weighted by atomic mass is 16.3. The molecule has 1 aromatic rings. The molecule has 0 spiro atoms. The summed E-state index contributed by atoms with van der Waals surface area (Å²) in [7, 11) is 0. The topological polar surface area (TPSA) is 39.2 Å². The lowest BCUT2D eigenvalue weighted by Gasteiger charge is -2.18. The molecule has 1 heterocycles. The summed E-state index contributed by atoms with van der Waals surface area (Å²) in [6, 6.07) is 2.16. The Labute approximate surface area is 91.8 Å². The summed E-state index contributed by atoms with van der Waals surface area (Å²) in [6.07, 6.45) is 13.0. The fraction of sp³-hybridized carbons (Fsp3) is 0.692. The zero-order valence-corrected chi connectivity index (χ0v) is 9.32. The molecule has 0 aliphatic heterocycles. The highest BCUT2D eigenvalue weighted by Crippen LogP contribution is 2.29. The third kappa shape index (κ3) is 3.10. The summed E-state index contributed by atoms with van der Waals surface area (Å²) >= 11 is 0. The average molecular weight is 207 g/mol. The lowest BCUT2D eigenvalue weighted by molar-refractivity contribution is 0.391. The van der Waals surface area contributed by atoms with Gasteiger partial charge in [0.05, 0.1) is 12.5 Å². The molecule has 0 amide bonds. The summed E-state index contributed by atoms with van der Waals surface area (Å²) in [4.78, 5) is 0. The van der Waals surface area contributed by atoms with E-state index >= 15 is 0 Å². The van der Waals surface area contributed by atoms with E-state index in [-0.39, 0.29) is 6.04 Å². The van der Waals surface area contributed by atoms with E-state index in [1.807, 2.05) is 6.07 Å². The summed E-state index contributed by atoms with van der Waals surface area (Å²) in [5.41, 5.74) is 7.31. The van der Waals surface area contributed by atoms with Crippen LogP contribution in [0.2, 0.25) is 0 Å². The molecular weight excluding hydrogens is 186 g/mol. The Morgan fingerprint density at radius 3 is 2.60 bits per heavy atom. The highest BCUT2D eigenvalue weighted by molar-refractivity contribution is 5.10. The third-order valence-electron chi connectivity index (χ3n) is 3.53. The lowest BCUT2D eigenvalue weighted by atomic mass is 9.91. The van der Waals surface area contributed by atoms with Crippen molar-refractivity contribution in [2.24, 2.45) is 11.7 Å². The SMILES string of the molecule is NC(CC1CCCCCC1)c1ccoc1. The average Bonchev–Trinajstić information content (AvgIpc) is 2.65. The number of hydrogen-bond acceptors (Lipinski definition) is 2. The van der Waals surface area contributed by atoms with E-state index in [4.69, 9.17) is 10.2 Å². The maximum atomic E-state index is 6.16. The first kappa shape index (κ1) is 10.7. The standard InChI is InChI=1S/C13H21NO/c14-13(12-7-8-15-10-12)9-11-5-3-1-2-4-6-11/h7-8,10-11,13H,1-6,9,14H2. The van der Waals surface area contributed by atoms with Gasteiger partial charge in [0.2, 0.25) is 0 Å². The molecule has 2 rings (SSSR count). The van der Waals surface area contributed by atoms with Crippen molar-refractivity contribution in [2.75, 3.05) is 0 Å². The van der Waals surface area contributed by atoms with Crippen molar-refractivity contribution >= 4 is 0 Å². The van der Waals surface area contributed by atoms with Crippen LogP contribution < -0.4 is 5.73 Å². The van der Waals surface area contributed by atoms with Crippen molar-refractivity contribution in [1.82, 2.24) is 0 Å². The van der Waals surface area contributed by atoms with Crippen molar-refractivity contribution < 1.29 is 4.42 Å². The van der Waals surface area contributed by atoms with E-state index in [1.54, 1.807) is 12.5 Å². The zero-order chi connectivity index (χ0) is 10.5. The Morgan fingerprint density at radius 2 is 2.00 bits per heavy atom. The maximum Gasteiger partial charge on any atom is 0.0950 e. The van der Waals surface area contributed by atoms with Crippen molar-refractivity contribution in [2.45, 2.75) is 51.0 Å². The van der Waals surface area contributed by atoms with E-state index in [9.17, 15) is 0 Å². The van der Waals surface area contributed by atoms with Gasteiger partial charge in [0, 0.05) is 11.6 Å². The molecule has 0 aromatic carbocycles. The van der Waals surface area contributed by atoms with Gasteiger partial charge in [-0.2, -0.15) is 0 Å². The van der Waals surface area contributed by atoms with Gasteiger partial charge in [-0.05, 0) is 18.4 Å². The van der Waals surface area contributed by atoms with E-state index in [1.165, 1.54) is 38.5 Å². The van der Waals surface area contributed by atoms with Crippen LogP contribution in [0, 0.1) is 5.92 Å². The van der Waals surface area contributed by atoms with Gasteiger partial charge < -0.3 is 10.2 Å². The summed E-state index contributed by atoms with van der Waals surface area (Å²) in [5, 5.41) is 0. The van der Waals surface area contributed by atoms with Crippen molar-refractivity contribution in [3.8, 4) is 0 Å². The molecule has 1 aliphatic rings. The van der Waals surface area contributed by atoms with Crippen LogP contribution in [0.15, 0.2) is 23.0 Å². The first-order valence-electron chi connectivity index (χ1n) is 6.14. The number of furan rings is 1. The van der Waals surface area contributed by atoms with Crippen LogP contribution in [0.4, 0.5) is 0 Å². The molecular formula is C13H21NO. The van der Waals surface area contributed by atoms with E-state index < -0.39 is 0 Å². The summed E-state index contributed by atoms with van der Waals surface area (Å²) < 4.78 is 5.07. The number of hydrogen-bond donors (Lipinski definition) is 1. The number of nitrogens with two attached hydrogens (primary N) is 1. The van der Waals surface area contributed by atoms with Crippen LogP contribution in [0.5, 0.6) is 0 Å². The Balaban J connectivity index is 1.84. The molecule has 1 fully saturated rings. The summed E-state index contributed by atoms with van der Waals surface area (Å²) in [5.74, 6) is 0.831. The van der Waals surface area contributed by atoms with Gasteiger partial charge in [0.1, 0.15) is 0 Å². The molecule has 2 heteroatoms. The monoisotopic (exact) mass is 207 g/mol. The number of rotatable bonds is 3. The first-order chi connectivity index (χ1) is 7.36. The summed E-state index contributed by atoms with van der Waals surface area (Å²) in [6.45, 7) is 0. The van der Waals surface area contributed by atoms with Gasteiger partial charge in [-0.25, -0.2) is 0 Å². The predicted octanol–water partition coefficient (Wildman–Crippen LogP) is 3.64. The Hall–Kier alpha value is -0.760. The van der Waals surface area contributed by atoms with Crippen LogP contribution >= 0.6 is 0 Å². The van der Waals surface area contributed by atoms with E-state index in [0.717, 1.165) is 17.9 Å². The van der Waals surface area contributed by atoms with Crippen LogP contribution in [0.25, 0.3) is 0 Å². The van der Waals surface area contributed by atoms with Crippen molar-refractivity contribution in [3.63, 3.8) is 0 Å². The Morgan fingerprint density at radius 1 is 1.27 bits per heavy atom. The second-order valence-corrected chi connectivity index (χ2v) is 4.76. The molecule has 1 saturated carbocycles. The molecule has 1 aliphatic carbocycles. The van der Waals surface area contributed by atoms with Gasteiger partial charge in [-0.1, -0.05) is 38.5 Å². The largest absolute Gasteiger partial charge is 0.472 e. The van der Waals surface area contributed by atoms with Gasteiger partial charge in [0.25, 0.3) is 0 Å². The predicted molar refractivity (Wildman–Crippen MR) is 61.4 cm³/mol. The zero-order valence-electron chi connectivity index (χ0n) is 9.32. The van der Waals surface area contributed by atoms with Crippen LogP contribution in [-0.4, -0.2) is 0 Å². The molecule has 1 atom stereocenters. The van der Waals surface area contributed by atoms with Crippen LogP contribution in [0.3, 0.4) is 0 Å². The smallest absolute Gasteiger partial charge is 0.0950 e. The molecule has 84 valence electrons. The molecule has 2 N–H and O–H groups in total. The van der Waals surface area contributed by atoms with E-state index in [2.05, 4.69) is 0 Å². The van der Waals surface area contributed by atoms with Crippen molar-refractivity contribution in [1.29, 1.82) is 0 Å². The van der Waals surface area contributed by atoms with Gasteiger partial charge >= 0.3 is 0 Å². The Bertz CT molecular complexity index is 260. The second-order valence-electron chi connectivity index (χ2n) is 4.76. The quantitative estimate of drug-likeness (QED) is 0.768. The normalized spacial score (nSPS) is 21.1. The van der Waals surface area contributed by atoms with Gasteiger partial charge in [-0.15, -0.1) is 0 Å². The van der Waals surface area contributed by atoms with Crippen LogP contribution in [0.1, 0.15) is 56.6 Å². The molecule has 0 bridgehead atoms. The first-order valence-corrected chi connectivity index (χ1v) is 6.14. The highest BCUT2D eigenvalue weighted by Gasteiger charge is 2.17. The van der Waals surface area contributed by atoms with Crippen molar-refractivity contribution in [3.05, 3.63) is 24.2 Å². The molecule has 0 radical (unpaired) electrons. The molecule has 1 unspecified atom stereocenters. The Kier molecular flexibility index (Phi) is 3.84. The molecule has 2 nitrogen and oxygen atoms in total. The van der Waals surface area contributed by atoms with Crippen LogP contribution in [-0.2, 0) is 0 Å². The molecule has 15 heavy (non-hydrogen) atoms. The third-order valence-corrected chi connectivity index (χ3v) is 3.53. The minimum atomic E-state index is 0.173. The second kappa shape index (κ2) is 5.36. The molecule has 0 saturated heterocycles. The van der Waals surface area contributed by atoms with E-state index in [0.29, 0.717) is 0 Å². The maximum absolute atomic E-state index is 6.16. The fourth-order valence-electron chi connectivity index (χ4n) is 2.58.